The molecule has 3 rings (SSSR count). The van der Waals surface area contributed by atoms with Crippen molar-refractivity contribution in [2.75, 3.05) is 12.3 Å². The van der Waals surface area contributed by atoms with Crippen LogP contribution in [0.3, 0.4) is 0 Å². The van der Waals surface area contributed by atoms with Crippen molar-refractivity contribution in [3.8, 4) is 0 Å². The Balaban J connectivity index is 1.86. The maximum atomic E-state index is 11.9. The zero-order valence-corrected chi connectivity index (χ0v) is 9.83. The fourth-order valence-electron chi connectivity index (χ4n) is 2.31. The van der Waals surface area contributed by atoms with E-state index < -0.39 is 9.84 Å². The molecule has 1 unspecified atom stereocenters. The molecule has 1 fully saturated rings. The molecule has 0 amide bonds. The summed E-state index contributed by atoms with van der Waals surface area (Å²) in [5.41, 5.74) is 0.996. The predicted octanol–water partition coefficient (Wildman–Crippen LogP) is 1.31. The quantitative estimate of drug-likeness (QED) is 0.862. The summed E-state index contributed by atoms with van der Waals surface area (Å²) in [6, 6.07) is 8.02. The minimum absolute atomic E-state index is 0.141. The van der Waals surface area contributed by atoms with Gasteiger partial charge in [0.15, 0.2) is 9.84 Å². The lowest BCUT2D eigenvalue weighted by atomic mass is 10.0. The van der Waals surface area contributed by atoms with Crippen molar-refractivity contribution in [2.24, 2.45) is 0 Å². The molecule has 1 N–H and O–H groups in total. The first-order valence-electron chi connectivity index (χ1n) is 5.72. The summed E-state index contributed by atoms with van der Waals surface area (Å²) in [7, 11) is -3.02. The van der Waals surface area contributed by atoms with Gasteiger partial charge in [-0.05, 0) is 24.5 Å². The van der Waals surface area contributed by atoms with Gasteiger partial charge in [-0.15, -0.1) is 0 Å². The molecule has 1 aromatic carbocycles. The van der Waals surface area contributed by atoms with E-state index >= 15 is 0 Å². The van der Waals surface area contributed by atoms with Crippen molar-refractivity contribution in [1.82, 2.24) is 5.32 Å². The zero-order valence-electron chi connectivity index (χ0n) is 9.02. The van der Waals surface area contributed by atoms with Gasteiger partial charge in [0, 0.05) is 18.5 Å². The molecule has 1 heterocycles. The molecule has 0 bridgehead atoms. The molecule has 1 aliphatic heterocycles. The topological polar surface area (TPSA) is 46.2 Å². The highest BCUT2D eigenvalue weighted by Gasteiger charge is 2.34. The summed E-state index contributed by atoms with van der Waals surface area (Å²) in [6.45, 7) is 0.793. The van der Waals surface area contributed by atoms with Crippen LogP contribution in [0.5, 0.6) is 0 Å². The van der Waals surface area contributed by atoms with Crippen molar-refractivity contribution >= 4 is 9.84 Å². The van der Waals surface area contributed by atoms with Gasteiger partial charge in [0.1, 0.15) is 0 Å². The third-order valence-electron chi connectivity index (χ3n) is 3.34. The Bertz CT molecular complexity index is 506. The molecular weight excluding hydrogens is 222 g/mol. The molecule has 86 valence electrons. The van der Waals surface area contributed by atoms with Crippen LogP contribution < -0.4 is 5.32 Å². The molecule has 1 saturated carbocycles. The number of fused-ring (bicyclic) bond motifs is 1. The molecule has 0 radical (unpaired) electrons. The van der Waals surface area contributed by atoms with Crippen LogP contribution >= 0.6 is 0 Å². The van der Waals surface area contributed by atoms with E-state index in [2.05, 4.69) is 5.32 Å². The predicted molar refractivity (Wildman–Crippen MR) is 62.3 cm³/mol. The maximum Gasteiger partial charge on any atom is 0.179 e. The molecule has 1 aromatic rings. The second-order valence-corrected chi connectivity index (χ2v) is 6.70. The van der Waals surface area contributed by atoms with Crippen molar-refractivity contribution in [1.29, 1.82) is 0 Å². The van der Waals surface area contributed by atoms with Gasteiger partial charge < -0.3 is 5.32 Å². The highest BCUT2D eigenvalue weighted by atomic mass is 32.2. The summed E-state index contributed by atoms with van der Waals surface area (Å²) in [5.74, 6) is 0.410. The molecule has 2 aliphatic rings. The molecule has 0 saturated heterocycles. The standard InChI is InChI=1S/C12H15NO2S/c14-16(15)8-9(7-13-10-5-6-10)11-3-1-2-4-12(11)16/h1-4,9-10,13H,5-8H2. The third-order valence-corrected chi connectivity index (χ3v) is 5.23. The third kappa shape index (κ3) is 1.76. The first kappa shape index (κ1) is 10.3. The van der Waals surface area contributed by atoms with E-state index in [9.17, 15) is 8.42 Å². The van der Waals surface area contributed by atoms with Gasteiger partial charge in [-0.3, -0.25) is 0 Å². The van der Waals surface area contributed by atoms with E-state index in [1.54, 1.807) is 12.1 Å². The lowest BCUT2D eigenvalue weighted by Crippen LogP contribution is -2.24. The van der Waals surface area contributed by atoms with Gasteiger partial charge in [0.05, 0.1) is 10.6 Å². The van der Waals surface area contributed by atoms with Crippen LogP contribution in [0, 0.1) is 0 Å². The molecule has 16 heavy (non-hydrogen) atoms. The Morgan fingerprint density at radius 2 is 2.00 bits per heavy atom. The van der Waals surface area contributed by atoms with Crippen LogP contribution in [0.2, 0.25) is 0 Å². The van der Waals surface area contributed by atoms with Crippen LogP contribution in [0.4, 0.5) is 0 Å². The number of hydrogen-bond acceptors (Lipinski definition) is 3. The van der Waals surface area contributed by atoms with Crippen molar-refractivity contribution in [3.05, 3.63) is 29.8 Å². The number of nitrogens with one attached hydrogen (secondary N) is 1. The van der Waals surface area contributed by atoms with E-state index in [4.69, 9.17) is 0 Å². The molecule has 1 aliphatic carbocycles. The summed E-state index contributed by atoms with van der Waals surface area (Å²) in [4.78, 5) is 0.539. The molecule has 4 heteroatoms. The number of hydrogen-bond donors (Lipinski definition) is 1. The summed E-state index contributed by atoms with van der Waals surface area (Å²) in [5, 5.41) is 3.41. The number of rotatable bonds is 3. The van der Waals surface area contributed by atoms with Crippen LogP contribution in [-0.4, -0.2) is 26.8 Å². The Labute approximate surface area is 95.8 Å². The smallest absolute Gasteiger partial charge is 0.179 e. The second kappa shape index (κ2) is 3.57. The van der Waals surface area contributed by atoms with Crippen LogP contribution in [0.1, 0.15) is 24.3 Å². The largest absolute Gasteiger partial charge is 0.313 e. The summed E-state index contributed by atoms with van der Waals surface area (Å²) in [6.07, 6.45) is 2.47. The van der Waals surface area contributed by atoms with Gasteiger partial charge in [-0.2, -0.15) is 0 Å². The highest BCUT2D eigenvalue weighted by Crippen LogP contribution is 2.34. The fraction of sp³-hybridized carbons (Fsp3) is 0.500. The Kier molecular flexibility index (Phi) is 2.30. The fourth-order valence-corrected chi connectivity index (χ4v) is 4.20. The number of benzene rings is 1. The SMILES string of the molecule is O=S1(=O)CC(CNC2CC2)c2ccccc21. The lowest BCUT2D eigenvalue weighted by molar-refractivity contribution is 0.587. The van der Waals surface area contributed by atoms with Gasteiger partial charge in [-0.1, -0.05) is 18.2 Å². The second-order valence-electron chi connectivity index (χ2n) is 4.70. The first-order chi connectivity index (χ1) is 7.67. The normalized spacial score (nSPS) is 26.6. The molecule has 0 aromatic heterocycles. The Hall–Kier alpha value is -0.870. The average Bonchev–Trinajstić information content (AvgIpc) is 3.04. The molecule has 0 spiro atoms. The minimum Gasteiger partial charge on any atom is -0.313 e. The lowest BCUT2D eigenvalue weighted by Gasteiger charge is -2.10. The summed E-state index contributed by atoms with van der Waals surface area (Å²) < 4.78 is 23.8. The van der Waals surface area contributed by atoms with Crippen LogP contribution in [0.15, 0.2) is 29.2 Å². The van der Waals surface area contributed by atoms with Crippen molar-refractivity contribution in [3.63, 3.8) is 0 Å². The van der Waals surface area contributed by atoms with Gasteiger partial charge in [-0.25, -0.2) is 8.42 Å². The minimum atomic E-state index is -3.02. The highest BCUT2D eigenvalue weighted by molar-refractivity contribution is 7.91. The van der Waals surface area contributed by atoms with Gasteiger partial charge in [0.2, 0.25) is 0 Å². The Morgan fingerprint density at radius 1 is 1.25 bits per heavy atom. The van der Waals surface area contributed by atoms with Crippen LogP contribution in [0.25, 0.3) is 0 Å². The Morgan fingerprint density at radius 3 is 2.75 bits per heavy atom. The van der Waals surface area contributed by atoms with E-state index in [1.165, 1.54) is 12.8 Å². The maximum absolute atomic E-state index is 11.9. The first-order valence-corrected chi connectivity index (χ1v) is 7.37. The monoisotopic (exact) mass is 237 g/mol. The molecular formula is C12H15NO2S. The van der Waals surface area contributed by atoms with E-state index in [0.29, 0.717) is 10.9 Å². The van der Waals surface area contributed by atoms with Gasteiger partial charge in [0.25, 0.3) is 0 Å². The van der Waals surface area contributed by atoms with E-state index in [0.717, 1.165) is 12.1 Å². The molecule has 1 atom stereocenters. The van der Waals surface area contributed by atoms with Gasteiger partial charge >= 0.3 is 0 Å². The van der Waals surface area contributed by atoms with Crippen molar-refractivity contribution < 1.29 is 8.42 Å². The van der Waals surface area contributed by atoms with E-state index in [-0.39, 0.29) is 11.7 Å². The molecule has 3 nitrogen and oxygen atoms in total. The van der Waals surface area contributed by atoms with E-state index in [1.807, 2.05) is 12.1 Å². The summed E-state index contributed by atoms with van der Waals surface area (Å²) >= 11 is 0. The number of sulfone groups is 1. The van der Waals surface area contributed by atoms with Crippen molar-refractivity contribution in [2.45, 2.75) is 29.7 Å². The van der Waals surface area contributed by atoms with Crippen LogP contribution in [-0.2, 0) is 9.84 Å². The zero-order chi connectivity index (χ0) is 11.2. The average molecular weight is 237 g/mol.